The first kappa shape index (κ1) is 17.2. The predicted octanol–water partition coefficient (Wildman–Crippen LogP) is 2.48. The van der Waals surface area contributed by atoms with Crippen LogP contribution >= 0.6 is 0 Å². The Balaban J connectivity index is 2.25. The van der Waals surface area contributed by atoms with Crippen LogP contribution in [0.5, 0.6) is 0 Å². The number of nitrogens with one attached hydrogen (secondary N) is 1. The van der Waals surface area contributed by atoms with E-state index in [0.29, 0.717) is 13.1 Å². The predicted molar refractivity (Wildman–Crippen MR) is 89.8 cm³/mol. The summed E-state index contributed by atoms with van der Waals surface area (Å²) < 4.78 is 0. The van der Waals surface area contributed by atoms with Crippen molar-refractivity contribution in [3.63, 3.8) is 0 Å². The number of amides is 1. The van der Waals surface area contributed by atoms with Gasteiger partial charge in [-0.25, -0.2) is 4.98 Å². The van der Waals surface area contributed by atoms with Crippen LogP contribution in [0, 0.1) is 12.8 Å². The highest BCUT2D eigenvalue weighted by Gasteiger charge is 2.29. The van der Waals surface area contributed by atoms with Crippen molar-refractivity contribution >= 4 is 5.91 Å². The topological polar surface area (TPSA) is 69.2 Å². The first-order valence-corrected chi connectivity index (χ1v) is 7.98. The largest absolute Gasteiger partial charge is 0.395 e. The summed E-state index contributed by atoms with van der Waals surface area (Å²) >= 11 is 0. The maximum absolute atomic E-state index is 13.1. The van der Waals surface area contributed by atoms with Crippen molar-refractivity contribution in [1.29, 1.82) is 0 Å². The van der Waals surface area contributed by atoms with Crippen LogP contribution < -0.4 is 0 Å². The molecule has 0 aliphatic heterocycles. The number of nitrogens with zero attached hydrogens (tertiary/aromatic N) is 2. The molecule has 23 heavy (non-hydrogen) atoms. The van der Waals surface area contributed by atoms with Crippen LogP contribution in [0.2, 0.25) is 0 Å². The van der Waals surface area contributed by atoms with Gasteiger partial charge in [0, 0.05) is 12.2 Å². The highest BCUT2D eigenvalue weighted by atomic mass is 16.3. The fourth-order valence-electron chi connectivity index (χ4n) is 2.78. The zero-order valence-electron chi connectivity index (χ0n) is 14.0. The van der Waals surface area contributed by atoms with Gasteiger partial charge in [-0.15, -0.1) is 0 Å². The molecule has 1 amide bonds. The van der Waals surface area contributed by atoms with E-state index in [0.717, 1.165) is 17.0 Å². The van der Waals surface area contributed by atoms with Gasteiger partial charge in [0.2, 0.25) is 5.91 Å². The van der Waals surface area contributed by atoms with Gasteiger partial charge >= 0.3 is 0 Å². The number of carbonyl (C=O) groups is 1. The van der Waals surface area contributed by atoms with Crippen molar-refractivity contribution in [1.82, 2.24) is 14.9 Å². The number of rotatable bonds is 7. The molecular weight excluding hydrogens is 290 g/mol. The van der Waals surface area contributed by atoms with Gasteiger partial charge in [-0.3, -0.25) is 4.79 Å². The molecule has 1 unspecified atom stereocenters. The van der Waals surface area contributed by atoms with Crippen molar-refractivity contribution in [3.05, 3.63) is 53.6 Å². The standard InChI is InChI=1S/C18H25N3O2/c1-13(2)17(15-7-5-4-6-8-15)18(23)21(9-10-22)11-16-14(3)19-12-20-16/h4-8,12-13,17,22H,9-11H2,1-3H3,(H,19,20). The molecule has 1 heterocycles. The van der Waals surface area contributed by atoms with E-state index in [4.69, 9.17) is 0 Å². The number of aryl methyl sites for hydroxylation is 1. The number of benzene rings is 1. The van der Waals surface area contributed by atoms with Crippen molar-refractivity contribution in [2.24, 2.45) is 5.92 Å². The molecule has 5 heteroatoms. The lowest BCUT2D eigenvalue weighted by Gasteiger charge is -2.29. The maximum Gasteiger partial charge on any atom is 0.230 e. The van der Waals surface area contributed by atoms with E-state index in [1.807, 2.05) is 51.1 Å². The summed E-state index contributed by atoms with van der Waals surface area (Å²) in [7, 11) is 0. The van der Waals surface area contributed by atoms with Gasteiger partial charge in [-0.2, -0.15) is 0 Å². The highest BCUT2D eigenvalue weighted by Crippen LogP contribution is 2.27. The van der Waals surface area contributed by atoms with E-state index in [2.05, 4.69) is 9.97 Å². The van der Waals surface area contributed by atoms with E-state index in [9.17, 15) is 9.90 Å². The molecule has 0 saturated carbocycles. The Morgan fingerprint density at radius 3 is 2.52 bits per heavy atom. The van der Waals surface area contributed by atoms with Gasteiger partial charge in [0.1, 0.15) is 0 Å². The molecule has 0 bridgehead atoms. The first-order valence-electron chi connectivity index (χ1n) is 7.98. The van der Waals surface area contributed by atoms with Gasteiger partial charge in [0.05, 0.1) is 31.1 Å². The lowest BCUT2D eigenvalue weighted by molar-refractivity contribution is -0.135. The van der Waals surface area contributed by atoms with Gasteiger partial charge in [-0.1, -0.05) is 44.2 Å². The third kappa shape index (κ3) is 4.20. The smallest absolute Gasteiger partial charge is 0.230 e. The number of imidazole rings is 1. The Kier molecular flexibility index (Phi) is 5.93. The normalized spacial score (nSPS) is 12.4. The van der Waals surface area contributed by atoms with E-state index in [1.165, 1.54) is 0 Å². The summed E-state index contributed by atoms with van der Waals surface area (Å²) in [5.74, 6) is -0.0176. The maximum atomic E-state index is 13.1. The van der Waals surface area contributed by atoms with Crippen LogP contribution in [0.1, 0.15) is 36.7 Å². The molecule has 0 aliphatic carbocycles. The van der Waals surface area contributed by atoms with Gasteiger partial charge in [-0.05, 0) is 18.4 Å². The van der Waals surface area contributed by atoms with Crippen molar-refractivity contribution < 1.29 is 9.90 Å². The van der Waals surface area contributed by atoms with Crippen LogP contribution in [0.3, 0.4) is 0 Å². The molecule has 1 atom stereocenters. The summed E-state index contributed by atoms with van der Waals surface area (Å²) in [6.07, 6.45) is 1.63. The Labute approximate surface area is 137 Å². The Morgan fingerprint density at radius 1 is 1.30 bits per heavy atom. The highest BCUT2D eigenvalue weighted by molar-refractivity contribution is 5.84. The zero-order chi connectivity index (χ0) is 16.8. The molecule has 0 aliphatic rings. The van der Waals surface area contributed by atoms with Gasteiger partial charge < -0.3 is 15.0 Å². The van der Waals surface area contributed by atoms with Crippen LogP contribution in [0.4, 0.5) is 0 Å². The minimum Gasteiger partial charge on any atom is -0.395 e. The summed E-state index contributed by atoms with van der Waals surface area (Å²) in [5.41, 5.74) is 2.79. The number of H-pyrrole nitrogens is 1. The minimum atomic E-state index is -0.220. The molecule has 124 valence electrons. The molecule has 2 N–H and O–H groups in total. The molecule has 0 radical (unpaired) electrons. The Bertz CT molecular complexity index is 622. The number of carbonyl (C=O) groups excluding carboxylic acids is 1. The number of aliphatic hydroxyl groups is 1. The molecule has 1 aromatic carbocycles. The molecular formula is C18H25N3O2. The van der Waals surface area contributed by atoms with E-state index in [1.54, 1.807) is 11.2 Å². The quantitative estimate of drug-likeness (QED) is 0.825. The second-order valence-electron chi connectivity index (χ2n) is 6.09. The summed E-state index contributed by atoms with van der Waals surface area (Å²) in [5, 5.41) is 9.35. The van der Waals surface area contributed by atoms with E-state index in [-0.39, 0.29) is 24.3 Å². The minimum absolute atomic E-state index is 0.0302. The molecule has 0 saturated heterocycles. The van der Waals surface area contributed by atoms with Crippen molar-refractivity contribution in [3.8, 4) is 0 Å². The lowest BCUT2D eigenvalue weighted by Crippen LogP contribution is -2.38. The van der Waals surface area contributed by atoms with Gasteiger partial charge in [0.15, 0.2) is 0 Å². The number of aromatic amines is 1. The molecule has 5 nitrogen and oxygen atoms in total. The molecule has 2 rings (SSSR count). The number of aromatic nitrogens is 2. The second-order valence-corrected chi connectivity index (χ2v) is 6.09. The van der Waals surface area contributed by atoms with Crippen molar-refractivity contribution in [2.75, 3.05) is 13.2 Å². The fraction of sp³-hybridized carbons (Fsp3) is 0.444. The molecule has 1 aromatic heterocycles. The SMILES string of the molecule is Cc1[nH]cnc1CN(CCO)C(=O)C(c1ccccc1)C(C)C. The van der Waals surface area contributed by atoms with Crippen molar-refractivity contribution in [2.45, 2.75) is 33.2 Å². The van der Waals surface area contributed by atoms with E-state index < -0.39 is 0 Å². The number of hydrogen-bond donors (Lipinski definition) is 2. The summed E-state index contributed by atoms with van der Waals surface area (Å²) in [4.78, 5) is 22.1. The monoisotopic (exact) mass is 315 g/mol. The molecule has 0 spiro atoms. The third-order valence-electron chi connectivity index (χ3n) is 4.05. The third-order valence-corrected chi connectivity index (χ3v) is 4.05. The van der Waals surface area contributed by atoms with Crippen LogP contribution in [-0.4, -0.2) is 39.0 Å². The number of hydrogen-bond acceptors (Lipinski definition) is 3. The Hall–Kier alpha value is -2.14. The molecule has 2 aromatic rings. The summed E-state index contributed by atoms with van der Waals surface area (Å²) in [6, 6.07) is 9.82. The Morgan fingerprint density at radius 2 is 2.00 bits per heavy atom. The first-order chi connectivity index (χ1) is 11.0. The molecule has 0 fully saturated rings. The number of aliphatic hydroxyl groups excluding tert-OH is 1. The summed E-state index contributed by atoms with van der Waals surface area (Å²) in [6.45, 7) is 6.68. The fourth-order valence-corrected chi connectivity index (χ4v) is 2.78. The van der Waals surface area contributed by atoms with Crippen LogP contribution in [-0.2, 0) is 11.3 Å². The average molecular weight is 315 g/mol. The average Bonchev–Trinajstić information content (AvgIpc) is 2.93. The second kappa shape index (κ2) is 7.92. The van der Waals surface area contributed by atoms with Crippen LogP contribution in [0.15, 0.2) is 36.7 Å². The van der Waals surface area contributed by atoms with E-state index >= 15 is 0 Å². The van der Waals surface area contributed by atoms with Gasteiger partial charge in [0.25, 0.3) is 0 Å². The van der Waals surface area contributed by atoms with Crippen LogP contribution in [0.25, 0.3) is 0 Å². The zero-order valence-corrected chi connectivity index (χ0v) is 14.0. The lowest BCUT2D eigenvalue weighted by atomic mass is 9.87.